The number of nitrogens with zero attached hydrogens (tertiary/aromatic N) is 1. The lowest BCUT2D eigenvalue weighted by molar-refractivity contribution is -0.138. The van der Waals surface area contributed by atoms with Gasteiger partial charge in [-0.15, -0.1) is 0 Å². The zero-order valence-corrected chi connectivity index (χ0v) is 18.9. The highest BCUT2D eigenvalue weighted by atomic mass is 16.6. The summed E-state index contributed by atoms with van der Waals surface area (Å²) in [6, 6.07) is 5.27. The molecule has 168 valence electrons. The topological polar surface area (TPSA) is 107 Å². The van der Waals surface area contributed by atoms with E-state index in [9.17, 15) is 14.4 Å². The Kier molecular flexibility index (Phi) is 9.92. The van der Waals surface area contributed by atoms with Crippen LogP contribution >= 0.6 is 0 Å². The van der Waals surface area contributed by atoms with Crippen LogP contribution in [0.25, 0.3) is 0 Å². The summed E-state index contributed by atoms with van der Waals surface area (Å²) in [4.78, 5) is 38.0. The Bertz CT molecular complexity index is 701. The molecule has 0 bridgehead atoms. The van der Waals surface area contributed by atoms with Crippen LogP contribution < -0.4 is 10.6 Å². The number of Topliss-reactive ketones (excluding diaryl/α,β-unsaturated/α-hetero) is 1. The van der Waals surface area contributed by atoms with Gasteiger partial charge in [-0.1, -0.05) is 6.07 Å². The summed E-state index contributed by atoms with van der Waals surface area (Å²) in [5.74, 6) is 0.726. The molecular formula is C22H35N3O5. The fraction of sp³-hybridized carbons (Fsp3) is 0.636. The first kappa shape index (κ1) is 25.6. The monoisotopic (exact) mass is 421 g/mol. The van der Waals surface area contributed by atoms with E-state index in [1.54, 1.807) is 39.0 Å². The van der Waals surface area contributed by atoms with Crippen LogP contribution in [0.3, 0.4) is 0 Å². The molecule has 0 saturated carbocycles. The number of nitrogens with one attached hydrogen (secondary N) is 2. The summed E-state index contributed by atoms with van der Waals surface area (Å²) in [7, 11) is 0. The van der Waals surface area contributed by atoms with Gasteiger partial charge in [-0.2, -0.15) is 0 Å². The number of carbonyl (C=O) groups excluding carboxylic acids is 3. The van der Waals surface area contributed by atoms with Crippen molar-refractivity contribution in [1.82, 2.24) is 10.3 Å². The number of rotatable bonds is 5. The second-order valence-electron chi connectivity index (χ2n) is 9.13. The van der Waals surface area contributed by atoms with E-state index in [0.29, 0.717) is 24.4 Å². The molecule has 1 aliphatic heterocycles. The number of hydrogen-bond donors (Lipinski definition) is 2. The third-order valence-corrected chi connectivity index (χ3v) is 3.99. The molecule has 0 aromatic carbocycles. The lowest BCUT2D eigenvalue weighted by Gasteiger charge is -2.21. The number of ether oxygens (including phenoxy) is 2. The molecule has 1 amide bonds. The number of anilines is 1. The Labute approximate surface area is 179 Å². The number of piperidine rings is 1. The molecule has 0 unspecified atom stereocenters. The predicted octanol–water partition coefficient (Wildman–Crippen LogP) is 3.50. The van der Waals surface area contributed by atoms with E-state index in [2.05, 4.69) is 20.4 Å². The molecule has 0 spiro atoms. The first-order chi connectivity index (χ1) is 13.9. The zero-order chi connectivity index (χ0) is 22.8. The Morgan fingerprint density at radius 1 is 1.13 bits per heavy atom. The number of carbonyl (C=O) groups is 3. The van der Waals surface area contributed by atoms with Crippen molar-refractivity contribution in [3.63, 3.8) is 0 Å². The van der Waals surface area contributed by atoms with Gasteiger partial charge in [0.25, 0.3) is 6.47 Å². The Balaban J connectivity index is 0.000000553. The summed E-state index contributed by atoms with van der Waals surface area (Å²) < 4.78 is 9.74. The Hall–Kier alpha value is -2.48. The number of ketones is 1. The van der Waals surface area contributed by atoms with Crippen LogP contribution in [0.1, 0.15) is 60.1 Å². The molecular weight excluding hydrogens is 386 g/mol. The van der Waals surface area contributed by atoms with E-state index in [4.69, 9.17) is 4.74 Å². The smallest absolute Gasteiger partial charge is 0.413 e. The van der Waals surface area contributed by atoms with Gasteiger partial charge in [-0.25, -0.2) is 9.78 Å². The van der Waals surface area contributed by atoms with E-state index in [1.807, 2.05) is 20.8 Å². The summed E-state index contributed by atoms with van der Waals surface area (Å²) in [6.45, 7) is 13.1. The first-order valence-electron chi connectivity index (χ1n) is 10.2. The van der Waals surface area contributed by atoms with Crippen LogP contribution in [-0.4, -0.2) is 47.6 Å². The lowest BCUT2D eigenvalue weighted by atomic mass is 9.91. The molecule has 2 rings (SSSR count). The minimum Gasteiger partial charge on any atom is -0.462 e. The van der Waals surface area contributed by atoms with Crippen molar-refractivity contribution in [2.24, 2.45) is 5.92 Å². The predicted molar refractivity (Wildman–Crippen MR) is 115 cm³/mol. The van der Waals surface area contributed by atoms with E-state index in [1.165, 1.54) is 0 Å². The average molecular weight is 422 g/mol. The molecule has 8 nitrogen and oxygen atoms in total. The van der Waals surface area contributed by atoms with Gasteiger partial charge in [0.05, 0.1) is 5.69 Å². The standard InChI is InChI=1S/C17H25N3O3.C5H10O2/c1-17(2,3)23-16(22)20-15-6-4-5-13(19-15)11-14(21)12-7-9-18-10-8-12;1-5(2,3)7-4-6/h4-6,12,18H,7-11H2,1-3H3,(H,19,20,22);4H,1-3H3. The molecule has 30 heavy (non-hydrogen) atoms. The molecule has 1 aromatic rings. The molecule has 1 aromatic heterocycles. The third kappa shape index (κ3) is 11.5. The zero-order valence-electron chi connectivity index (χ0n) is 18.9. The summed E-state index contributed by atoms with van der Waals surface area (Å²) in [5.41, 5.74) is -0.212. The van der Waals surface area contributed by atoms with Gasteiger partial charge < -0.3 is 14.8 Å². The van der Waals surface area contributed by atoms with Crippen LogP contribution in [0.5, 0.6) is 0 Å². The maximum absolute atomic E-state index is 12.3. The first-order valence-corrected chi connectivity index (χ1v) is 10.2. The second kappa shape index (κ2) is 11.6. The number of pyridine rings is 1. The fourth-order valence-corrected chi connectivity index (χ4v) is 2.67. The quantitative estimate of drug-likeness (QED) is 0.701. The van der Waals surface area contributed by atoms with E-state index in [-0.39, 0.29) is 17.3 Å². The van der Waals surface area contributed by atoms with Gasteiger partial charge in [0.15, 0.2) is 0 Å². The maximum Gasteiger partial charge on any atom is 0.413 e. The highest BCUT2D eigenvalue weighted by Gasteiger charge is 2.21. The van der Waals surface area contributed by atoms with E-state index < -0.39 is 11.7 Å². The third-order valence-electron chi connectivity index (χ3n) is 3.99. The molecule has 0 atom stereocenters. The molecule has 2 N–H and O–H groups in total. The van der Waals surface area contributed by atoms with Crippen molar-refractivity contribution < 1.29 is 23.9 Å². The number of hydrogen-bond acceptors (Lipinski definition) is 7. The molecule has 1 saturated heterocycles. The lowest BCUT2D eigenvalue weighted by Crippen LogP contribution is -2.32. The summed E-state index contributed by atoms with van der Waals surface area (Å²) in [6.07, 6.45) is 1.52. The molecule has 0 aliphatic carbocycles. The summed E-state index contributed by atoms with van der Waals surface area (Å²) >= 11 is 0. The molecule has 1 aliphatic rings. The van der Waals surface area contributed by atoms with Crippen LogP contribution in [-0.2, 0) is 25.5 Å². The van der Waals surface area contributed by atoms with Gasteiger partial charge in [-0.3, -0.25) is 14.9 Å². The molecule has 1 fully saturated rings. The second-order valence-corrected chi connectivity index (χ2v) is 9.13. The van der Waals surface area contributed by atoms with E-state index >= 15 is 0 Å². The van der Waals surface area contributed by atoms with Gasteiger partial charge in [0, 0.05) is 12.3 Å². The van der Waals surface area contributed by atoms with Crippen molar-refractivity contribution in [1.29, 1.82) is 0 Å². The van der Waals surface area contributed by atoms with Crippen molar-refractivity contribution >= 4 is 24.2 Å². The van der Waals surface area contributed by atoms with Crippen LogP contribution in [0.4, 0.5) is 10.6 Å². The van der Waals surface area contributed by atoms with Crippen LogP contribution in [0, 0.1) is 5.92 Å². The number of aromatic nitrogens is 1. The van der Waals surface area contributed by atoms with Gasteiger partial charge in [0.1, 0.15) is 22.8 Å². The van der Waals surface area contributed by atoms with Crippen molar-refractivity contribution in [2.45, 2.75) is 72.0 Å². The van der Waals surface area contributed by atoms with Crippen molar-refractivity contribution in [3.8, 4) is 0 Å². The molecule has 2 heterocycles. The average Bonchev–Trinajstić information content (AvgIpc) is 2.60. The number of amides is 1. The highest BCUT2D eigenvalue weighted by Crippen LogP contribution is 2.16. The van der Waals surface area contributed by atoms with Crippen LogP contribution in [0.2, 0.25) is 0 Å². The summed E-state index contributed by atoms with van der Waals surface area (Å²) in [5, 5.41) is 5.85. The Morgan fingerprint density at radius 3 is 2.27 bits per heavy atom. The maximum atomic E-state index is 12.3. The van der Waals surface area contributed by atoms with Crippen LogP contribution in [0.15, 0.2) is 18.2 Å². The van der Waals surface area contributed by atoms with Crippen molar-refractivity contribution in [3.05, 3.63) is 23.9 Å². The minimum atomic E-state index is -0.563. The minimum absolute atomic E-state index is 0.112. The Morgan fingerprint density at radius 2 is 1.77 bits per heavy atom. The molecule has 0 radical (unpaired) electrons. The fourth-order valence-electron chi connectivity index (χ4n) is 2.67. The normalized spacial score (nSPS) is 14.7. The largest absolute Gasteiger partial charge is 0.462 e. The van der Waals surface area contributed by atoms with Gasteiger partial charge in [0.2, 0.25) is 0 Å². The van der Waals surface area contributed by atoms with Gasteiger partial charge >= 0.3 is 6.09 Å². The van der Waals surface area contributed by atoms with Crippen molar-refractivity contribution in [2.75, 3.05) is 18.4 Å². The SMILES string of the molecule is CC(C)(C)OC(=O)Nc1cccc(CC(=O)C2CCNCC2)n1.CC(C)(C)OC=O. The van der Waals surface area contributed by atoms with E-state index in [0.717, 1.165) is 25.9 Å². The highest BCUT2D eigenvalue weighted by molar-refractivity contribution is 5.84. The van der Waals surface area contributed by atoms with Gasteiger partial charge in [-0.05, 0) is 79.6 Å². The molecule has 8 heteroatoms.